The van der Waals surface area contributed by atoms with Gasteiger partial charge in [-0.3, -0.25) is 9.69 Å². The van der Waals surface area contributed by atoms with E-state index in [0.29, 0.717) is 18.3 Å². The van der Waals surface area contributed by atoms with Crippen LogP contribution in [0.3, 0.4) is 0 Å². The zero-order chi connectivity index (χ0) is 14.5. The second-order valence-corrected chi connectivity index (χ2v) is 6.42. The van der Waals surface area contributed by atoms with E-state index in [4.69, 9.17) is 9.52 Å². The molecule has 20 heavy (non-hydrogen) atoms. The minimum Gasteiger partial charge on any atom is -0.480 e. The van der Waals surface area contributed by atoms with Gasteiger partial charge >= 0.3 is 5.97 Å². The molecule has 0 aromatic carbocycles. The van der Waals surface area contributed by atoms with E-state index in [2.05, 4.69) is 32.7 Å². The number of carboxylic acid groups (broad SMARTS) is 1. The van der Waals surface area contributed by atoms with Crippen molar-refractivity contribution in [3.05, 3.63) is 34.5 Å². The molecule has 0 unspecified atom stereocenters. The largest absolute Gasteiger partial charge is 0.480 e. The van der Waals surface area contributed by atoms with Crippen LogP contribution in [0.5, 0.6) is 0 Å². The van der Waals surface area contributed by atoms with E-state index in [9.17, 15) is 4.79 Å². The Kier molecular flexibility index (Phi) is 5.05. The maximum Gasteiger partial charge on any atom is 0.317 e. The molecule has 0 bridgehead atoms. The third kappa shape index (κ3) is 3.99. The first kappa shape index (κ1) is 14.9. The van der Waals surface area contributed by atoms with Crippen LogP contribution in [0, 0.1) is 0 Å². The quantitative estimate of drug-likeness (QED) is 0.767. The van der Waals surface area contributed by atoms with E-state index in [1.807, 2.05) is 12.1 Å². The SMILES string of the molecule is C=CCN(CC(=O)O)Cc1nnc(-c2ccc(Br)s2)o1. The lowest BCUT2D eigenvalue weighted by atomic mass is 10.4. The van der Waals surface area contributed by atoms with Gasteiger partial charge < -0.3 is 9.52 Å². The molecule has 8 heteroatoms. The van der Waals surface area contributed by atoms with Crippen LogP contribution in [0.15, 0.2) is 33.0 Å². The number of thiophene rings is 1. The Labute approximate surface area is 127 Å². The molecule has 0 saturated heterocycles. The van der Waals surface area contributed by atoms with Crippen molar-refractivity contribution in [1.82, 2.24) is 15.1 Å². The van der Waals surface area contributed by atoms with E-state index in [0.717, 1.165) is 8.66 Å². The molecule has 0 aliphatic carbocycles. The van der Waals surface area contributed by atoms with Gasteiger partial charge in [0.25, 0.3) is 5.89 Å². The fraction of sp³-hybridized carbons (Fsp3) is 0.250. The van der Waals surface area contributed by atoms with Gasteiger partial charge in [-0.15, -0.1) is 28.1 Å². The third-order valence-electron chi connectivity index (χ3n) is 2.36. The molecule has 0 aliphatic rings. The molecular weight excluding hydrogens is 346 g/mol. The van der Waals surface area contributed by atoms with Crippen LogP contribution in [-0.4, -0.2) is 39.3 Å². The lowest BCUT2D eigenvalue weighted by molar-refractivity contribution is -0.138. The zero-order valence-electron chi connectivity index (χ0n) is 10.5. The summed E-state index contributed by atoms with van der Waals surface area (Å²) in [5, 5.41) is 16.7. The van der Waals surface area contributed by atoms with Crippen molar-refractivity contribution in [3.8, 4) is 10.8 Å². The van der Waals surface area contributed by atoms with Crippen molar-refractivity contribution in [2.24, 2.45) is 0 Å². The topological polar surface area (TPSA) is 79.5 Å². The van der Waals surface area contributed by atoms with Gasteiger partial charge in [-0.05, 0) is 28.1 Å². The van der Waals surface area contributed by atoms with E-state index in [1.165, 1.54) is 11.3 Å². The van der Waals surface area contributed by atoms with E-state index < -0.39 is 5.97 Å². The van der Waals surface area contributed by atoms with Crippen molar-refractivity contribution < 1.29 is 14.3 Å². The maximum absolute atomic E-state index is 10.8. The second kappa shape index (κ2) is 6.78. The molecule has 0 fully saturated rings. The summed E-state index contributed by atoms with van der Waals surface area (Å²) in [7, 11) is 0. The van der Waals surface area contributed by atoms with Gasteiger partial charge in [0.2, 0.25) is 5.89 Å². The van der Waals surface area contributed by atoms with Crippen molar-refractivity contribution in [3.63, 3.8) is 0 Å². The molecule has 2 aromatic rings. The Balaban J connectivity index is 2.07. The number of nitrogens with zero attached hydrogens (tertiary/aromatic N) is 3. The molecule has 106 valence electrons. The first-order chi connectivity index (χ1) is 9.58. The van der Waals surface area contributed by atoms with Crippen molar-refractivity contribution >= 4 is 33.2 Å². The predicted octanol–water partition coefficient (Wildman–Crippen LogP) is 2.63. The molecule has 6 nitrogen and oxygen atoms in total. The van der Waals surface area contributed by atoms with E-state index >= 15 is 0 Å². The summed E-state index contributed by atoms with van der Waals surface area (Å²) in [5.74, 6) is -0.0917. The summed E-state index contributed by atoms with van der Waals surface area (Å²) in [5.41, 5.74) is 0. The van der Waals surface area contributed by atoms with Gasteiger partial charge in [-0.2, -0.15) is 0 Å². The van der Waals surface area contributed by atoms with Crippen molar-refractivity contribution in [1.29, 1.82) is 0 Å². The Morgan fingerprint density at radius 3 is 2.95 bits per heavy atom. The number of aromatic nitrogens is 2. The van der Waals surface area contributed by atoms with Crippen LogP contribution in [0.1, 0.15) is 5.89 Å². The monoisotopic (exact) mass is 357 g/mol. The molecular formula is C12H12BrN3O3S. The highest BCUT2D eigenvalue weighted by Crippen LogP contribution is 2.30. The standard InChI is InChI=1S/C12H12BrN3O3S/c1-2-5-16(7-11(17)18)6-10-14-15-12(19-10)8-3-4-9(13)20-8/h2-4H,1,5-7H2,(H,17,18). The van der Waals surface area contributed by atoms with Gasteiger partial charge in [-0.25, -0.2) is 0 Å². The lowest BCUT2D eigenvalue weighted by Crippen LogP contribution is -2.29. The predicted molar refractivity (Wildman–Crippen MR) is 78.4 cm³/mol. The van der Waals surface area contributed by atoms with Gasteiger partial charge in [0.15, 0.2) is 0 Å². The summed E-state index contributed by atoms with van der Waals surface area (Å²) in [6.45, 7) is 4.21. The minimum atomic E-state index is -0.909. The van der Waals surface area contributed by atoms with Crippen LogP contribution in [0.25, 0.3) is 10.8 Å². The molecule has 0 spiro atoms. The molecule has 0 saturated carbocycles. The van der Waals surface area contributed by atoms with E-state index in [1.54, 1.807) is 11.0 Å². The number of aliphatic carboxylic acids is 1. The summed E-state index contributed by atoms with van der Waals surface area (Å²) >= 11 is 4.86. The molecule has 1 N–H and O–H groups in total. The number of hydrogen-bond acceptors (Lipinski definition) is 6. The first-order valence-corrected chi connectivity index (χ1v) is 7.32. The number of rotatable bonds is 7. The van der Waals surface area contributed by atoms with Crippen LogP contribution in [-0.2, 0) is 11.3 Å². The fourth-order valence-electron chi connectivity index (χ4n) is 1.60. The van der Waals surface area contributed by atoms with Gasteiger partial charge in [0, 0.05) is 6.54 Å². The van der Waals surface area contributed by atoms with Crippen LogP contribution < -0.4 is 0 Å². The van der Waals surface area contributed by atoms with Crippen molar-refractivity contribution in [2.45, 2.75) is 6.54 Å². The Morgan fingerprint density at radius 1 is 1.55 bits per heavy atom. The lowest BCUT2D eigenvalue weighted by Gasteiger charge is -2.15. The highest BCUT2D eigenvalue weighted by atomic mass is 79.9. The average molecular weight is 358 g/mol. The smallest absolute Gasteiger partial charge is 0.317 e. The maximum atomic E-state index is 10.8. The molecule has 2 rings (SSSR count). The summed E-state index contributed by atoms with van der Waals surface area (Å²) in [6, 6.07) is 3.78. The Morgan fingerprint density at radius 2 is 2.35 bits per heavy atom. The number of halogens is 1. The normalized spacial score (nSPS) is 10.9. The fourth-order valence-corrected chi connectivity index (χ4v) is 2.90. The zero-order valence-corrected chi connectivity index (χ0v) is 12.9. The molecule has 2 aromatic heterocycles. The van der Waals surface area contributed by atoms with E-state index in [-0.39, 0.29) is 13.1 Å². The minimum absolute atomic E-state index is 0.103. The van der Waals surface area contributed by atoms with Gasteiger partial charge in [-0.1, -0.05) is 6.08 Å². The molecule has 2 heterocycles. The summed E-state index contributed by atoms with van der Waals surface area (Å²) in [4.78, 5) is 13.3. The Hall–Kier alpha value is -1.51. The average Bonchev–Trinajstić information content (AvgIpc) is 2.97. The van der Waals surface area contributed by atoms with Crippen LogP contribution in [0.4, 0.5) is 0 Å². The first-order valence-electron chi connectivity index (χ1n) is 5.71. The Bertz CT molecular complexity index is 611. The number of carbonyl (C=O) groups is 1. The molecule has 0 aliphatic heterocycles. The third-order valence-corrected chi connectivity index (χ3v) is 3.97. The van der Waals surface area contributed by atoms with Gasteiger partial charge in [0.05, 0.1) is 21.8 Å². The number of hydrogen-bond donors (Lipinski definition) is 1. The highest BCUT2D eigenvalue weighted by Gasteiger charge is 2.15. The number of carboxylic acids is 1. The summed E-state index contributed by atoms with van der Waals surface area (Å²) in [6.07, 6.45) is 1.64. The molecule has 0 atom stereocenters. The van der Waals surface area contributed by atoms with Crippen molar-refractivity contribution in [2.75, 3.05) is 13.1 Å². The van der Waals surface area contributed by atoms with Crippen LogP contribution in [0.2, 0.25) is 0 Å². The summed E-state index contributed by atoms with van der Waals surface area (Å²) < 4.78 is 6.52. The van der Waals surface area contributed by atoms with Gasteiger partial charge in [0.1, 0.15) is 0 Å². The molecule has 0 amide bonds. The van der Waals surface area contributed by atoms with Crippen LogP contribution >= 0.6 is 27.3 Å². The highest BCUT2D eigenvalue weighted by molar-refractivity contribution is 9.11. The second-order valence-electron chi connectivity index (χ2n) is 3.96. The molecule has 0 radical (unpaired) electrons.